The number of hydrogen-bond acceptors (Lipinski definition) is 2. The number of carbonyl (C=O) groups is 1. The fraction of sp³-hybridized carbons (Fsp3) is 0.111. The van der Waals surface area contributed by atoms with E-state index in [9.17, 15) is 4.79 Å². The van der Waals surface area contributed by atoms with Crippen LogP contribution in [0.5, 0.6) is 0 Å². The molecule has 6 heteroatoms. The van der Waals surface area contributed by atoms with Crippen LogP contribution in [0, 0.1) is 0 Å². The van der Waals surface area contributed by atoms with Gasteiger partial charge in [-0.3, -0.25) is 0 Å². The summed E-state index contributed by atoms with van der Waals surface area (Å²) >= 11 is 8.15. The van der Waals surface area contributed by atoms with Crippen LogP contribution in [0.2, 0.25) is 0 Å². The zero-order chi connectivity index (χ0) is 11.4. The average molecular weight is 288 g/mol. The molecule has 15 heavy (non-hydrogen) atoms. The highest BCUT2D eigenvalue weighted by molar-refractivity contribution is 9.10. The maximum atomic E-state index is 11.1. The molecule has 0 unspecified atom stereocenters. The van der Waals surface area contributed by atoms with Crippen molar-refractivity contribution in [3.8, 4) is 0 Å². The Kier molecular flexibility index (Phi) is 4.05. The van der Waals surface area contributed by atoms with Crippen molar-refractivity contribution in [1.29, 1.82) is 0 Å². The third kappa shape index (κ3) is 3.17. The van der Waals surface area contributed by atoms with Gasteiger partial charge in [0.15, 0.2) is 0 Å². The van der Waals surface area contributed by atoms with Gasteiger partial charge in [0.2, 0.25) is 0 Å². The molecule has 2 amide bonds. The van der Waals surface area contributed by atoms with Crippen LogP contribution in [0.4, 0.5) is 10.5 Å². The largest absolute Gasteiger partial charge is 0.389 e. The molecule has 80 valence electrons. The Balaban J connectivity index is 2.93. The molecule has 1 aromatic carbocycles. The number of carbonyl (C=O) groups excluding carboxylic acids is 1. The second kappa shape index (κ2) is 5.09. The van der Waals surface area contributed by atoms with Gasteiger partial charge in [-0.25, -0.2) is 4.79 Å². The number of anilines is 1. The highest BCUT2D eigenvalue weighted by atomic mass is 79.9. The summed E-state index contributed by atoms with van der Waals surface area (Å²) in [4.78, 5) is 11.4. The van der Waals surface area contributed by atoms with Gasteiger partial charge in [-0.2, -0.15) is 0 Å². The van der Waals surface area contributed by atoms with E-state index >= 15 is 0 Å². The second-order valence-electron chi connectivity index (χ2n) is 2.76. The first-order valence-electron chi connectivity index (χ1n) is 4.12. The number of nitrogens with one attached hydrogen (secondary N) is 2. The van der Waals surface area contributed by atoms with Crippen molar-refractivity contribution in [2.45, 2.75) is 0 Å². The van der Waals surface area contributed by atoms with Crippen molar-refractivity contribution >= 4 is 44.9 Å². The van der Waals surface area contributed by atoms with Crippen LogP contribution in [0.3, 0.4) is 0 Å². The average Bonchev–Trinajstić information content (AvgIpc) is 2.20. The third-order valence-electron chi connectivity index (χ3n) is 1.73. The van der Waals surface area contributed by atoms with Crippen LogP contribution >= 0.6 is 28.1 Å². The van der Waals surface area contributed by atoms with Crippen LogP contribution in [-0.2, 0) is 0 Å². The van der Waals surface area contributed by atoms with Gasteiger partial charge in [-0.15, -0.1) is 0 Å². The fourth-order valence-electron chi connectivity index (χ4n) is 0.955. The van der Waals surface area contributed by atoms with Crippen molar-refractivity contribution in [1.82, 2.24) is 5.32 Å². The minimum absolute atomic E-state index is 0.279. The fourth-order valence-corrected chi connectivity index (χ4v) is 1.56. The summed E-state index contributed by atoms with van der Waals surface area (Å²) in [6.45, 7) is 0. The first-order valence-corrected chi connectivity index (χ1v) is 5.33. The number of hydrogen-bond donors (Lipinski definition) is 3. The Morgan fingerprint density at radius 3 is 2.67 bits per heavy atom. The van der Waals surface area contributed by atoms with Gasteiger partial charge in [0.25, 0.3) is 0 Å². The van der Waals surface area contributed by atoms with Crippen molar-refractivity contribution in [2.75, 3.05) is 12.4 Å². The van der Waals surface area contributed by atoms with E-state index < -0.39 is 0 Å². The van der Waals surface area contributed by atoms with E-state index in [4.69, 9.17) is 18.0 Å². The van der Waals surface area contributed by atoms with Crippen LogP contribution in [0.1, 0.15) is 5.56 Å². The molecule has 0 aromatic heterocycles. The van der Waals surface area contributed by atoms with Gasteiger partial charge in [0, 0.05) is 17.1 Å². The lowest BCUT2D eigenvalue weighted by molar-refractivity contribution is 0.254. The van der Waals surface area contributed by atoms with Crippen LogP contribution in [0.15, 0.2) is 22.7 Å². The zero-order valence-corrected chi connectivity index (χ0v) is 10.4. The van der Waals surface area contributed by atoms with E-state index in [1.54, 1.807) is 25.2 Å². The molecule has 1 rings (SSSR count). The van der Waals surface area contributed by atoms with Gasteiger partial charge in [0.1, 0.15) is 4.99 Å². The van der Waals surface area contributed by atoms with Gasteiger partial charge in [-0.1, -0.05) is 12.2 Å². The molecule has 1 aromatic rings. The molecule has 0 bridgehead atoms. The molecule has 0 spiro atoms. The Bertz CT molecular complexity index is 408. The first kappa shape index (κ1) is 11.9. The van der Waals surface area contributed by atoms with E-state index in [2.05, 4.69) is 26.6 Å². The standard InChI is InChI=1S/C9H10BrN3OS/c1-12-9(14)13-7-3-2-5(8(11)15)4-6(7)10/h2-4H,1H3,(H2,11,15)(H2,12,13,14). The Hall–Kier alpha value is -1.14. The Labute approximate surface area is 101 Å². The molecule has 0 heterocycles. The summed E-state index contributed by atoms with van der Waals surface area (Å²) in [6.07, 6.45) is 0. The quantitative estimate of drug-likeness (QED) is 0.727. The maximum absolute atomic E-state index is 11.1. The Morgan fingerprint density at radius 2 is 2.20 bits per heavy atom. The molecular weight excluding hydrogens is 278 g/mol. The molecular formula is C9H10BrN3OS. The van der Waals surface area contributed by atoms with Gasteiger partial charge in [-0.05, 0) is 34.1 Å². The summed E-state index contributed by atoms with van der Waals surface area (Å²) in [7, 11) is 1.55. The Morgan fingerprint density at radius 1 is 1.53 bits per heavy atom. The number of amides is 2. The number of urea groups is 1. The summed E-state index contributed by atoms with van der Waals surface area (Å²) in [5.74, 6) is 0. The summed E-state index contributed by atoms with van der Waals surface area (Å²) in [5, 5.41) is 5.10. The van der Waals surface area contributed by atoms with E-state index in [1.165, 1.54) is 0 Å². The highest BCUT2D eigenvalue weighted by Crippen LogP contribution is 2.23. The number of halogens is 1. The van der Waals surface area contributed by atoms with Crippen molar-refractivity contribution in [2.24, 2.45) is 5.73 Å². The minimum Gasteiger partial charge on any atom is -0.389 e. The normalized spacial score (nSPS) is 9.47. The molecule has 0 radical (unpaired) electrons. The third-order valence-corrected chi connectivity index (χ3v) is 2.62. The van der Waals surface area contributed by atoms with Gasteiger partial charge in [0.05, 0.1) is 5.69 Å². The van der Waals surface area contributed by atoms with Crippen LogP contribution in [0.25, 0.3) is 0 Å². The predicted molar refractivity (Wildman–Crippen MR) is 68.1 cm³/mol. The maximum Gasteiger partial charge on any atom is 0.319 e. The van der Waals surface area contributed by atoms with E-state index in [0.29, 0.717) is 10.7 Å². The van der Waals surface area contributed by atoms with E-state index in [-0.39, 0.29) is 6.03 Å². The van der Waals surface area contributed by atoms with Gasteiger partial charge >= 0.3 is 6.03 Å². The summed E-state index contributed by atoms with van der Waals surface area (Å²) < 4.78 is 0.733. The molecule has 0 saturated carbocycles. The van der Waals surface area contributed by atoms with Crippen molar-refractivity contribution < 1.29 is 4.79 Å². The molecule has 0 aliphatic rings. The number of benzene rings is 1. The summed E-state index contributed by atoms with van der Waals surface area (Å²) in [5.41, 5.74) is 6.88. The number of thiocarbonyl (C=S) groups is 1. The molecule has 0 aliphatic heterocycles. The lowest BCUT2D eigenvalue weighted by atomic mass is 10.2. The predicted octanol–water partition coefficient (Wildman–Crippen LogP) is 1.83. The van der Waals surface area contributed by atoms with Crippen LogP contribution < -0.4 is 16.4 Å². The summed E-state index contributed by atoms with van der Waals surface area (Å²) in [6, 6.07) is 4.96. The molecule has 0 saturated heterocycles. The lowest BCUT2D eigenvalue weighted by Crippen LogP contribution is -2.24. The van der Waals surface area contributed by atoms with Crippen LogP contribution in [-0.4, -0.2) is 18.1 Å². The SMILES string of the molecule is CNC(=O)Nc1ccc(C(N)=S)cc1Br. The van der Waals surface area contributed by atoms with E-state index in [1.807, 2.05) is 0 Å². The number of rotatable bonds is 2. The van der Waals surface area contributed by atoms with Gasteiger partial charge < -0.3 is 16.4 Å². The molecule has 0 atom stereocenters. The molecule has 4 nitrogen and oxygen atoms in total. The number of nitrogens with two attached hydrogens (primary N) is 1. The lowest BCUT2D eigenvalue weighted by Gasteiger charge is -2.08. The smallest absolute Gasteiger partial charge is 0.319 e. The topological polar surface area (TPSA) is 67.2 Å². The van der Waals surface area contributed by atoms with Crippen molar-refractivity contribution in [3.63, 3.8) is 0 Å². The van der Waals surface area contributed by atoms with Crippen molar-refractivity contribution in [3.05, 3.63) is 28.2 Å². The molecule has 4 N–H and O–H groups in total. The second-order valence-corrected chi connectivity index (χ2v) is 4.06. The molecule has 0 fully saturated rings. The first-order chi connectivity index (χ1) is 7.04. The van der Waals surface area contributed by atoms with E-state index in [0.717, 1.165) is 10.0 Å². The molecule has 0 aliphatic carbocycles. The highest BCUT2D eigenvalue weighted by Gasteiger charge is 2.05. The zero-order valence-electron chi connectivity index (χ0n) is 8.00. The minimum atomic E-state index is -0.279. The monoisotopic (exact) mass is 287 g/mol.